The number of ketones is 1. The number of carbonyl (C=O) groups is 3. The number of halogens is 1. The molecule has 7 nitrogen and oxygen atoms in total. The average Bonchev–Trinajstić information content (AvgIpc) is 2.59. The van der Waals surface area contributed by atoms with E-state index in [-0.39, 0.29) is 11.6 Å². The number of esters is 1. The average molecular weight is 392 g/mol. The van der Waals surface area contributed by atoms with Crippen molar-refractivity contribution in [1.29, 1.82) is 10.7 Å². The molecule has 0 fully saturated rings. The number of hydrogen-bond donors (Lipinski definition) is 2. The minimum atomic E-state index is -1.25. The molecular formula is C19H22ClN3O4. The molecule has 0 radical (unpaired) electrons. The number of hydrogen-bond acceptors (Lipinski definition) is 6. The van der Waals surface area contributed by atoms with Gasteiger partial charge in [0.2, 0.25) is 0 Å². The number of carbonyl (C=O) groups excluding carboxylic acids is 3. The van der Waals surface area contributed by atoms with Gasteiger partial charge in [-0.25, -0.2) is 4.79 Å². The lowest BCUT2D eigenvalue weighted by atomic mass is 10.0. The third-order valence-corrected chi connectivity index (χ3v) is 3.90. The molecule has 2 N–H and O–H groups in total. The maximum absolute atomic E-state index is 12.3. The van der Waals surface area contributed by atoms with E-state index in [1.165, 1.54) is 19.1 Å². The minimum Gasteiger partial charge on any atom is -0.456 e. The molecule has 0 bridgehead atoms. The predicted octanol–water partition coefficient (Wildman–Crippen LogP) is 2.78. The highest BCUT2D eigenvalue weighted by atomic mass is 35.5. The molecule has 2 atom stereocenters. The molecule has 0 spiro atoms. The number of Topliss-reactive ketones (excluding diaryl/α,β-unsaturated/α-hetero) is 1. The van der Waals surface area contributed by atoms with Gasteiger partial charge in [0.25, 0.3) is 5.91 Å². The fraction of sp³-hybridized carbons (Fsp3) is 0.421. The topological polar surface area (TPSA) is 120 Å². The first-order valence-electron chi connectivity index (χ1n) is 8.36. The summed E-state index contributed by atoms with van der Waals surface area (Å²) in [5.41, 5.74) is 0.217. The zero-order valence-electron chi connectivity index (χ0n) is 15.4. The molecule has 0 saturated heterocycles. The van der Waals surface area contributed by atoms with Crippen molar-refractivity contribution in [2.75, 3.05) is 6.61 Å². The van der Waals surface area contributed by atoms with E-state index < -0.39 is 36.2 Å². The van der Waals surface area contributed by atoms with Crippen LogP contribution in [0.5, 0.6) is 0 Å². The second kappa shape index (κ2) is 10.4. The zero-order valence-corrected chi connectivity index (χ0v) is 16.2. The van der Waals surface area contributed by atoms with Gasteiger partial charge in [-0.3, -0.25) is 9.59 Å². The Hall–Kier alpha value is -2.72. The van der Waals surface area contributed by atoms with Crippen LogP contribution < -0.4 is 5.32 Å². The van der Waals surface area contributed by atoms with E-state index in [1.807, 2.05) is 13.8 Å². The lowest BCUT2D eigenvalue weighted by Crippen LogP contribution is -2.43. The summed E-state index contributed by atoms with van der Waals surface area (Å²) in [6, 6.07) is 6.94. The van der Waals surface area contributed by atoms with Crippen molar-refractivity contribution in [2.45, 2.75) is 33.2 Å². The van der Waals surface area contributed by atoms with Crippen LogP contribution >= 0.6 is 11.6 Å². The van der Waals surface area contributed by atoms with E-state index in [0.29, 0.717) is 17.0 Å². The second-order valence-electron chi connectivity index (χ2n) is 6.48. The van der Waals surface area contributed by atoms with Gasteiger partial charge in [0.15, 0.2) is 12.4 Å². The number of rotatable bonds is 9. The summed E-state index contributed by atoms with van der Waals surface area (Å²) < 4.78 is 4.98. The molecule has 0 aliphatic carbocycles. The van der Waals surface area contributed by atoms with Crippen molar-refractivity contribution in [3.05, 3.63) is 34.9 Å². The molecule has 1 amide bonds. The monoisotopic (exact) mass is 391 g/mol. The SMILES string of the molecule is CC(=N)[C@@H](C#N)C(=O)COC(=O)[C@@H](CC(C)C)NC(=O)c1ccc(Cl)cc1. The zero-order chi connectivity index (χ0) is 20.6. The van der Waals surface area contributed by atoms with Gasteiger partial charge < -0.3 is 15.5 Å². The molecular weight excluding hydrogens is 370 g/mol. The summed E-state index contributed by atoms with van der Waals surface area (Å²) in [7, 11) is 0. The van der Waals surface area contributed by atoms with Crippen molar-refractivity contribution in [2.24, 2.45) is 11.8 Å². The molecule has 27 heavy (non-hydrogen) atoms. The lowest BCUT2D eigenvalue weighted by Gasteiger charge is -2.19. The van der Waals surface area contributed by atoms with Crippen LogP contribution in [0, 0.1) is 28.6 Å². The van der Waals surface area contributed by atoms with Crippen LogP contribution in [0.25, 0.3) is 0 Å². The van der Waals surface area contributed by atoms with Crippen LogP contribution in [0.2, 0.25) is 5.02 Å². The van der Waals surface area contributed by atoms with Crippen LogP contribution in [0.4, 0.5) is 0 Å². The number of nitrogens with one attached hydrogen (secondary N) is 2. The summed E-state index contributed by atoms with van der Waals surface area (Å²) >= 11 is 5.80. The number of benzene rings is 1. The van der Waals surface area contributed by atoms with Crippen molar-refractivity contribution >= 4 is 35.0 Å². The molecule has 144 valence electrons. The van der Waals surface area contributed by atoms with Crippen LogP contribution in [0.15, 0.2) is 24.3 Å². The van der Waals surface area contributed by atoms with Crippen LogP contribution in [0.1, 0.15) is 37.6 Å². The van der Waals surface area contributed by atoms with E-state index in [2.05, 4.69) is 5.32 Å². The van der Waals surface area contributed by atoms with Gasteiger partial charge in [-0.05, 0) is 43.5 Å². The summed E-state index contributed by atoms with van der Waals surface area (Å²) in [6.45, 7) is 4.47. The minimum absolute atomic E-state index is 0.0828. The molecule has 1 aromatic rings. The first kappa shape index (κ1) is 22.3. The van der Waals surface area contributed by atoms with Gasteiger partial charge in [-0.15, -0.1) is 0 Å². The number of nitrogens with zero attached hydrogens (tertiary/aromatic N) is 1. The summed E-state index contributed by atoms with van der Waals surface area (Å²) in [5, 5.41) is 19.4. The van der Waals surface area contributed by atoms with E-state index in [0.717, 1.165) is 0 Å². The third kappa shape index (κ3) is 7.19. The normalized spacial score (nSPS) is 12.6. The van der Waals surface area contributed by atoms with E-state index in [4.69, 9.17) is 27.0 Å². The standard InChI is InChI=1S/C19H22ClN3O4/c1-11(2)8-16(23-18(25)13-4-6-14(20)7-5-13)19(26)27-10-17(24)15(9-21)12(3)22/h4-7,11,15-16,22H,8,10H2,1-3H3,(H,23,25)/t15-,16-/m1/s1. The van der Waals surface area contributed by atoms with Crippen LogP contribution in [-0.4, -0.2) is 36.0 Å². The van der Waals surface area contributed by atoms with Gasteiger partial charge in [-0.2, -0.15) is 5.26 Å². The summed E-state index contributed by atoms with van der Waals surface area (Å²) in [6.07, 6.45) is 0.317. The predicted molar refractivity (Wildman–Crippen MR) is 101 cm³/mol. The lowest BCUT2D eigenvalue weighted by molar-refractivity contribution is -0.150. The maximum atomic E-state index is 12.3. The first-order valence-corrected chi connectivity index (χ1v) is 8.74. The number of ether oxygens (including phenoxy) is 1. The van der Waals surface area contributed by atoms with Gasteiger partial charge in [-0.1, -0.05) is 25.4 Å². The Labute approximate surface area is 163 Å². The van der Waals surface area contributed by atoms with Crippen molar-refractivity contribution in [3.63, 3.8) is 0 Å². The number of nitriles is 1. The molecule has 0 saturated carbocycles. The Balaban J connectivity index is 2.78. The Morgan fingerprint density at radius 2 is 1.85 bits per heavy atom. The third-order valence-electron chi connectivity index (χ3n) is 3.64. The highest BCUT2D eigenvalue weighted by Gasteiger charge is 2.27. The number of amides is 1. The first-order chi connectivity index (χ1) is 12.6. The second-order valence-corrected chi connectivity index (χ2v) is 6.92. The van der Waals surface area contributed by atoms with E-state index >= 15 is 0 Å². The molecule has 0 aliphatic heterocycles. The molecule has 1 aromatic carbocycles. The fourth-order valence-electron chi connectivity index (χ4n) is 2.26. The highest BCUT2D eigenvalue weighted by molar-refractivity contribution is 6.30. The Morgan fingerprint density at radius 1 is 1.26 bits per heavy atom. The fourth-order valence-corrected chi connectivity index (χ4v) is 2.39. The largest absolute Gasteiger partial charge is 0.456 e. The maximum Gasteiger partial charge on any atom is 0.329 e. The molecule has 8 heteroatoms. The van der Waals surface area contributed by atoms with Gasteiger partial charge in [0, 0.05) is 16.3 Å². The smallest absolute Gasteiger partial charge is 0.329 e. The Morgan fingerprint density at radius 3 is 2.33 bits per heavy atom. The van der Waals surface area contributed by atoms with Crippen molar-refractivity contribution in [1.82, 2.24) is 5.32 Å². The molecule has 1 rings (SSSR count). The van der Waals surface area contributed by atoms with E-state index in [1.54, 1.807) is 18.2 Å². The molecule has 0 aliphatic rings. The summed E-state index contributed by atoms with van der Waals surface area (Å²) in [5.74, 6) is -3.07. The van der Waals surface area contributed by atoms with Gasteiger partial charge in [0.05, 0.1) is 6.07 Å². The van der Waals surface area contributed by atoms with Crippen molar-refractivity contribution in [3.8, 4) is 6.07 Å². The summed E-state index contributed by atoms with van der Waals surface area (Å²) in [4.78, 5) is 36.6. The van der Waals surface area contributed by atoms with Gasteiger partial charge in [0.1, 0.15) is 12.0 Å². The van der Waals surface area contributed by atoms with Gasteiger partial charge >= 0.3 is 5.97 Å². The Bertz CT molecular complexity index is 753. The highest BCUT2D eigenvalue weighted by Crippen LogP contribution is 2.12. The molecule has 0 unspecified atom stereocenters. The van der Waals surface area contributed by atoms with Crippen molar-refractivity contribution < 1.29 is 19.1 Å². The molecule has 0 aromatic heterocycles. The van der Waals surface area contributed by atoms with Crippen LogP contribution in [-0.2, 0) is 14.3 Å². The van der Waals surface area contributed by atoms with Crippen LogP contribution in [0.3, 0.4) is 0 Å². The molecule has 0 heterocycles. The quantitative estimate of drug-likeness (QED) is 0.495. The van der Waals surface area contributed by atoms with E-state index in [9.17, 15) is 14.4 Å². The Kier molecular flexibility index (Phi) is 8.63.